The Morgan fingerprint density at radius 2 is 2.05 bits per heavy atom. The molecule has 0 aromatic carbocycles. The van der Waals surface area contributed by atoms with Gasteiger partial charge in [-0.2, -0.15) is 0 Å². The lowest BCUT2D eigenvalue weighted by molar-refractivity contribution is 0.488. The molecule has 2 atom stereocenters. The number of aryl methyl sites for hydroxylation is 3. The van der Waals surface area contributed by atoms with Crippen molar-refractivity contribution >= 4 is 27.4 Å². The van der Waals surface area contributed by atoms with Crippen molar-refractivity contribution < 1.29 is 0 Å². The number of nitrogens with zero attached hydrogens (tertiary/aromatic N) is 3. The maximum Gasteiger partial charge on any atom is 0.141 e. The number of fused-ring (bicyclic) bond motifs is 1. The molecule has 4 nitrogen and oxygen atoms in total. The molecule has 2 N–H and O–H groups in total. The van der Waals surface area contributed by atoms with E-state index in [2.05, 4.69) is 30.7 Å². The number of thiophene rings is 1. The molecule has 20 heavy (non-hydrogen) atoms. The van der Waals surface area contributed by atoms with Gasteiger partial charge < -0.3 is 10.6 Å². The van der Waals surface area contributed by atoms with Gasteiger partial charge in [-0.3, -0.25) is 0 Å². The molecule has 0 radical (unpaired) electrons. The fourth-order valence-corrected chi connectivity index (χ4v) is 4.04. The van der Waals surface area contributed by atoms with Crippen molar-refractivity contribution in [1.29, 1.82) is 0 Å². The van der Waals surface area contributed by atoms with E-state index in [4.69, 9.17) is 10.7 Å². The Morgan fingerprint density at radius 3 is 2.70 bits per heavy atom. The molecule has 0 aliphatic carbocycles. The summed E-state index contributed by atoms with van der Waals surface area (Å²) in [5.74, 6) is 2.54. The molecular weight excluding hydrogens is 268 g/mol. The lowest BCUT2D eigenvalue weighted by atomic mass is 10.0. The molecule has 1 saturated heterocycles. The molecule has 3 heterocycles. The minimum atomic E-state index is 0.253. The van der Waals surface area contributed by atoms with Gasteiger partial charge in [-0.15, -0.1) is 11.3 Å². The number of aromatic nitrogens is 2. The van der Waals surface area contributed by atoms with Crippen LogP contribution in [0.1, 0.15) is 29.6 Å². The van der Waals surface area contributed by atoms with Crippen LogP contribution >= 0.6 is 11.3 Å². The molecule has 3 rings (SSSR count). The minimum Gasteiger partial charge on any atom is -0.356 e. The Balaban J connectivity index is 2.07. The van der Waals surface area contributed by atoms with E-state index in [9.17, 15) is 0 Å². The second kappa shape index (κ2) is 4.97. The molecule has 1 aliphatic heterocycles. The van der Waals surface area contributed by atoms with Crippen molar-refractivity contribution in [1.82, 2.24) is 9.97 Å². The lowest BCUT2D eigenvalue weighted by Gasteiger charge is -2.20. The summed E-state index contributed by atoms with van der Waals surface area (Å²) in [6, 6.07) is 0.253. The minimum absolute atomic E-state index is 0.253. The molecular formula is C15H22N4S. The summed E-state index contributed by atoms with van der Waals surface area (Å²) in [4.78, 5) is 14.2. The highest BCUT2D eigenvalue weighted by Gasteiger charge is 2.28. The van der Waals surface area contributed by atoms with Gasteiger partial charge in [0, 0.05) is 24.0 Å². The van der Waals surface area contributed by atoms with E-state index in [1.54, 1.807) is 11.3 Å². The average molecular weight is 290 g/mol. The Labute approximate surface area is 124 Å². The van der Waals surface area contributed by atoms with Gasteiger partial charge in [0.2, 0.25) is 0 Å². The van der Waals surface area contributed by atoms with Crippen molar-refractivity contribution in [2.75, 3.05) is 18.0 Å². The third kappa shape index (κ3) is 2.19. The summed E-state index contributed by atoms with van der Waals surface area (Å²) in [6.45, 7) is 10.5. The van der Waals surface area contributed by atoms with E-state index in [1.165, 1.54) is 15.8 Å². The van der Waals surface area contributed by atoms with Gasteiger partial charge >= 0.3 is 0 Å². The lowest BCUT2D eigenvalue weighted by Crippen LogP contribution is -2.30. The van der Waals surface area contributed by atoms with Crippen molar-refractivity contribution in [2.45, 2.75) is 40.2 Å². The number of nitrogens with two attached hydrogens (primary N) is 1. The maximum atomic E-state index is 6.06. The fourth-order valence-electron chi connectivity index (χ4n) is 2.97. The third-order valence-corrected chi connectivity index (χ3v) is 5.49. The van der Waals surface area contributed by atoms with E-state index >= 15 is 0 Å². The Hall–Kier alpha value is -1.20. The molecule has 1 fully saturated rings. The van der Waals surface area contributed by atoms with E-state index in [0.29, 0.717) is 5.92 Å². The highest BCUT2D eigenvalue weighted by molar-refractivity contribution is 7.18. The van der Waals surface area contributed by atoms with Gasteiger partial charge in [0.25, 0.3) is 0 Å². The van der Waals surface area contributed by atoms with E-state index in [0.717, 1.165) is 36.0 Å². The standard InChI is InChI=1S/C15H22N4S/c1-8-10(3)20-15-13(8)14(17-11(4)18-15)19-6-5-12(7-19)9(2)16/h9,12H,5-7,16H2,1-4H3. The number of anilines is 1. The zero-order valence-electron chi connectivity index (χ0n) is 12.6. The van der Waals surface area contributed by atoms with Crippen LogP contribution in [0.5, 0.6) is 0 Å². The van der Waals surface area contributed by atoms with Gasteiger partial charge in [0.15, 0.2) is 0 Å². The van der Waals surface area contributed by atoms with Gasteiger partial charge in [-0.05, 0) is 45.6 Å². The molecule has 2 aromatic rings. The number of rotatable bonds is 2. The van der Waals surface area contributed by atoms with Crippen LogP contribution in [0.2, 0.25) is 0 Å². The number of hydrogen-bond acceptors (Lipinski definition) is 5. The van der Waals surface area contributed by atoms with Crippen molar-refractivity contribution in [3.63, 3.8) is 0 Å². The molecule has 5 heteroatoms. The predicted molar refractivity (Wildman–Crippen MR) is 85.6 cm³/mol. The first-order valence-corrected chi connectivity index (χ1v) is 8.04. The van der Waals surface area contributed by atoms with Crippen molar-refractivity contribution in [3.05, 3.63) is 16.3 Å². The summed E-state index contributed by atoms with van der Waals surface area (Å²) in [6.07, 6.45) is 1.16. The first-order chi connectivity index (χ1) is 9.47. The summed E-state index contributed by atoms with van der Waals surface area (Å²) in [5, 5.41) is 1.24. The highest BCUT2D eigenvalue weighted by atomic mass is 32.1. The Morgan fingerprint density at radius 1 is 1.30 bits per heavy atom. The zero-order valence-corrected chi connectivity index (χ0v) is 13.4. The SMILES string of the molecule is Cc1nc(N2CCC(C(C)N)C2)c2c(C)c(C)sc2n1. The topological polar surface area (TPSA) is 55.0 Å². The van der Waals surface area contributed by atoms with E-state index < -0.39 is 0 Å². The first kappa shape index (κ1) is 13.8. The summed E-state index contributed by atoms with van der Waals surface area (Å²) in [7, 11) is 0. The van der Waals surface area contributed by atoms with Gasteiger partial charge in [0.1, 0.15) is 16.5 Å². The fraction of sp³-hybridized carbons (Fsp3) is 0.600. The van der Waals surface area contributed by atoms with Crippen LogP contribution in [0.25, 0.3) is 10.2 Å². The Kier molecular flexibility index (Phi) is 3.42. The summed E-state index contributed by atoms with van der Waals surface area (Å²) in [5.41, 5.74) is 7.38. The zero-order chi connectivity index (χ0) is 14.4. The monoisotopic (exact) mass is 290 g/mol. The first-order valence-electron chi connectivity index (χ1n) is 7.22. The smallest absolute Gasteiger partial charge is 0.141 e. The van der Waals surface area contributed by atoms with Crippen LogP contribution in [0.4, 0.5) is 5.82 Å². The van der Waals surface area contributed by atoms with Gasteiger partial charge in [0.05, 0.1) is 5.39 Å². The normalized spacial score (nSPS) is 20.9. The van der Waals surface area contributed by atoms with Crippen LogP contribution in [-0.4, -0.2) is 29.1 Å². The second-order valence-electron chi connectivity index (χ2n) is 5.91. The van der Waals surface area contributed by atoms with Crippen LogP contribution in [0.15, 0.2) is 0 Å². The van der Waals surface area contributed by atoms with E-state index in [-0.39, 0.29) is 6.04 Å². The Bertz CT molecular complexity index is 647. The molecule has 2 aromatic heterocycles. The molecule has 0 amide bonds. The molecule has 0 saturated carbocycles. The summed E-state index contributed by atoms with van der Waals surface area (Å²) < 4.78 is 0. The largest absolute Gasteiger partial charge is 0.356 e. The van der Waals surface area contributed by atoms with Crippen LogP contribution in [-0.2, 0) is 0 Å². The van der Waals surface area contributed by atoms with Crippen molar-refractivity contribution in [2.24, 2.45) is 11.7 Å². The molecule has 0 bridgehead atoms. The van der Waals surface area contributed by atoms with Crippen LogP contribution < -0.4 is 10.6 Å². The molecule has 1 aliphatic rings. The molecule has 0 spiro atoms. The quantitative estimate of drug-likeness (QED) is 0.924. The highest BCUT2D eigenvalue weighted by Crippen LogP contribution is 2.36. The second-order valence-corrected chi connectivity index (χ2v) is 7.11. The van der Waals surface area contributed by atoms with Crippen molar-refractivity contribution in [3.8, 4) is 0 Å². The predicted octanol–water partition coefficient (Wildman–Crippen LogP) is 2.79. The van der Waals surface area contributed by atoms with Crippen LogP contribution in [0, 0.1) is 26.7 Å². The maximum absolute atomic E-state index is 6.06. The van der Waals surface area contributed by atoms with Gasteiger partial charge in [-0.25, -0.2) is 9.97 Å². The average Bonchev–Trinajstić information content (AvgIpc) is 2.95. The third-order valence-electron chi connectivity index (χ3n) is 4.39. The van der Waals surface area contributed by atoms with Crippen LogP contribution in [0.3, 0.4) is 0 Å². The number of hydrogen-bond donors (Lipinski definition) is 1. The summed E-state index contributed by atoms with van der Waals surface area (Å²) >= 11 is 1.77. The van der Waals surface area contributed by atoms with E-state index in [1.807, 2.05) is 6.92 Å². The van der Waals surface area contributed by atoms with Gasteiger partial charge in [-0.1, -0.05) is 0 Å². The molecule has 2 unspecified atom stereocenters. The molecule has 108 valence electrons.